The van der Waals surface area contributed by atoms with Crippen LogP contribution in [-0.4, -0.2) is 12.6 Å². The summed E-state index contributed by atoms with van der Waals surface area (Å²) in [7, 11) is 0. The summed E-state index contributed by atoms with van der Waals surface area (Å²) in [4.78, 5) is 2.41. The van der Waals surface area contributed by atoms with Gasteiger partial charge in [-0.1, -0.05) is 19.4 Å². The number of unbranched alkanes of at least 4 members (excludes halogenated alkanes) is 1. The molecule has 0 heterocycles. The summed E-state index contributed by atoms with van der Waals surface area (Å²) in [5, 5.41) is 9.30. The zero-order valence-electron chi connectivity index (χ0n) is 11.0. The number of nitrogens with two attached hydrogens (primary N) is 1. The van der Waals surface area contributed by atoms with E-state index in [-0.39, 0.29) is 0 Å². The van der Waals surface area contributed by atoms with Crippen molar-refractivity contribution in [1.82, 2.24) is 0 Å². The molecular weight excluding hydrogens is 222 g/mol. The van der Waals surface area contributed by atoms with Crippen molar-refractivity contribution < 1.29 is 0 Å². The second-order valence-electron chi connectivity index (χ2n) is 4.95. The molecule has 0 atom stereocenters. The fourth-order valence-corrected chi connectivity index (χ4v) is 2.26. The highest BCUT2D eigenvalue weighted by atomic mass is 15.2. The van der Waals surface area contributed by atoms with E-state index in [1.54, 1.807) is 0 Å². The largest absolute Gasteiger partial charge is 0.367 e. The molecule has 1 saturated carbocycles. The highest BCUT2D eigenvalue weighted by Crippen LogP contribution is 2.34. The Morgan fingerprint density at radius 2 is 2.22 bits per heavy atom. The summed E-state index contributed by atoms with van der Waals surface area (Å²) >= 11 is 0. The highest BCUT2D eigenvalue weighted by Gasteiger charge is 2.30. The van der Waals surface area contributed by atoms with Crippen LogP contribution in [0.2, 0.25) is 0 Å². The van der Waals surface area contributed by atoms with Gasteiger partial charge in [0, 0.05) is 19.1 Å². The van der Waals surface area contributed by atoms with Crippen molar-refractivity contribution in [3.63, 3.8) is 0 Å². The molecule has 0 spiro atoms. The summed E-state index contributed by atoms with van der Waals surface area (Å²) in [6.07, 6.45) is 4.88. The minimum atomic E-state index is 0.493. The molecule has 0 bridgehead atoms. The molecule has 1 aromatic rings. The third-order valence-electron chi connectivity index (χ3n) is 3.47. The summed E-state index contributed by atoms with van der Waals surface area (Å²) in [5.74, 6) is 0. The number of nitriles is 1. The van der Waals surface area contributed by atoms with Crippen LogP contribution in [0.5, 0.6) is 0 Å². The van der Waals surface area contributed by atoms with Crippen LogP contribution in [0.4, 0.5) is 5.69 Å². The molecule has 1 aliphatic carbocycles. The standard InChI is InChI=1S/C15H21N3/c1-2-3-8-18(14-5-6-14)15-7-4-12(10-16)9-13(15)11-17/h4,7,9,14H,2-3,5-6,8,10,16H2,1H3. The van der Waals surface area contributed by atoms with E-state index in [4.69, 9.17) is 5.73 Å². The van der Waals surface area contributed by atoms with Crippen LogP contribution < -0.4 is 10.6 Å². The van der Waals surface area contributed by atoms with Crippen LogP contribution in [0.15, 0.2) is 18.2 Å². The Labute approximate surface area is 109 Å². The van der Waals surface area contributed by atoms with E-state index in [9.17, 15) is 5.26 Å². The number of hydrogen-bond donors (Lipinski definition) is 1. The zero-order valence-corrected chi connectivity index (χ0v) is 11.0. The molecule has 0 saturated heterocycles. The van der Waals surface area contributed by atoms with Gasteiger partial charge in [-0.15, -0.1) is 0 Å². The maximum absolute atomic E-state index is 9.30. The van der Waals surface area contributed by atoms with Gasteiger partial charge in [0.2, 0.25) is 0 Å². The third kappa shape index (κ3) is 2.83. The maximum Gasteiger partial charge on any atom is 0.101 e. The van der Waals surface area contributed by atoms with E-state index >= 15 is 0 Å². The Hall–Kier alpha value is -1.53. The van der Waals surface area contributed by atoms with E-state index in [1.807, 2.05) is 12.1 Å². The van der Waals surface area contributed by atoms with Crippen molar-refractivity contribution in [2.45, 2.75) is 45.2 Å². The lowest BCUT2D eigenvalue weighted by Gasteiger charge is -2.25. The zero-order chi connectivity index (χ0) is 13.0. The van der Waals surface area contributed by atoms with Crippen molar-refractivity contribution >= 4 is 5.69 Å². The Balaban J connectivity index is 2.26. The minimum Gasteiger partial charge on any atom is -0.367 e. The van der Waals surface area contributed by atoms with Gasteiger partial charge < -0.3 is 10.6 Å². The molecule has 0 unspecified atom stereocenters. The molecule has 0 radical (unpaired) electrons. The molecule has 2 rings (SSSR count). The predicted octanol–water partition coefficient (Wildman–Crippen LogP) is 2.79. The van der Waals surface area contributed by atoms with Gasteiger partial charge in [0.25, 0.3) is 0 Å². The van der Waals surface area contributed by atoms with Crippen molar-refractivity contribution in [2.75, 3.05) is 11.4 Å². The Bertz CT molecular complexity index is 444. The highest BCUT2D eigenvalue weighted by molar-refractivity contribution is 5.61. The fourth-order valence-electron chi connectivity index (χ4n) is 2.26. The Kier molecular flexibility index (Phi) is 4.22. The first-order valence-electron chi connectivity index (χ1n) is 6.80. The Morgan fingerprint density at radius 1 is 1.44 bits per heavy atom. The average molecular weight is 243 g/mol. The summed E-state index contributed by atoms with van der Waals surface area (Å²) in [6.45, 7) is 3.75. The van der Waals surface area contributed by atoms with Crippen molar-refractivity contribution in [3.8, 4) is 6.07 Å². The van der Waals surface area contributed by atoms with Crippen LogP contribution in [0.25, 0.3) is 0 Å². The molecule has 96 valence electrons. The van der Waals surface area contributed by atoms with Crippen LogP contribution in [0.1, 0.15) is 43.7 Å². The first-order valence-corrected chi connectivity index (χ1v) is 6.80. The van der Waals surface area contributed by atoms with Gasteiger partial charge in [-0.3, -0.25) is 0 Å². The molecule has 18 heavy (non-hydrogen) atoms. The quantitative estimate of drug-likeness (QED) is 0.836. The van der Waals surface area contributed by atoms with E-state index < -0.39 is 0 Å². The second kappa shape index (κ2) is 5.88. The van der Waals surface area contributed by atoms with Crippen LogP contribution >= 0.6 is 0 Å². The van der Waals surface area contributed by atoms with E-state index in [0.29, 0.717) is 12.6 Å². The minimum absolute atomic E-state index is 0.493. The van der Waals surface area contributed by atoms with E-state index in [2.05, 4.69) is 24.0 Å². The summed E-state index contributed by atoms with van der Waals surface area (Å²) in [5.41, 5.74) is 8.51. The number of benzene rings is 1. The number of hydrogen-bond acceptors (Lipinski definition) is 3. The average Bonchev–Trinajstić information content (AvgIpc) is 3.24. The SMILES string of the molecule is CCCCN(c1ccc(CN)cc1C#N)C1CC1. The molecule has 1 aliphatic rings. The van der Waals surface area contributed by atoms with Crippen molar-refractivity contribution in [1.29, 1.82) is 5.26 Å². The van der Waals surface area contributed by atoms with Crippen LogP contribution in [0.3, 0.4) is 0 Å². The lowest BCUT2D eigenvalue weighted by atomic mass is 10.1. The number of anilines is 1. The van der Waals surface area contributed by atoms with Crippen molar-refractivity contribution in [2.24, 2.45) is 5.73 Å². The topological polar surface area (TPSA) is 53.0 Å². The molecule has 1 aromatic carbocycles. The van der Waals surface area contributed by atoms with E-state index in [0.717, 1.165) is 23.4 Å². The van der Waals surface area contributed by atoms with E-state index in [1.165, 1.54) is 25.7 Å². The second-order valence-corrected chi connectivity index (χ2v) is 4.95. The van der Waals surface area contributed by atoms with Gasteiger partial charge >= 0.3 is 0 Å². The Morgan fingerprint density at radius 3 is 2.78 bits per heavy atom. The predicted molar refractivity (Wildman–Crippen MR) is 74.3 cm³/mol. The summed E-state index contributed by atoms with van der Waals surface area (Å²) in [6, 6.07) is 8.99. The molecule has 2 N–H and O–H groups in total. The lowest BCUT2D eigenvalue weighted by Crippen LogP contribution is -2.27. The molecule has 0 aliphatic heterocycles. The normalized spacial score (nSPS) is 14.3. The van der Waals surface area contributed by atoms with Crippen molar-refractivity contribution in [3.05, 3.63) is 29.3 Å². The molecule has 0 amide bonds. The number of rotatable bonds is 6. The maximum atomic E-state index is 9.30. The molecule has 3 nitrogen and oxygen atoms in total. The molecule has 3 heteroatoms. The molecule has 0 aromatic heterocycles. The van der Waals surface area contributed by atoms with Gasteiger partial charge in [-0.25, -0.2) is 0 Å². The van der Waals surface area contributed by atoms with Gasteiger partial charge in [0.1, 0.15) is 6.07 Å². The van der Waals surface area contributed by atoms with Gasteiger partial charge in [0.15, 0.2) is 0 Å². The van der Waals surface area contributed by atoms with Crippen LogP contribution in [-0.2, 0) is 6.54 Å². The summed E-state index contributed by atoms with van der Waals surface area (Å²) < 4.78 is 0. The van der Waals surface area contributed by atoms with Gasteiger partial charge in [-0.05, 0) is 37.0 Å². The lowest BCUT2D eigenvalue weighted by molar-refractivity contribution is 0.712. The third-order valence-corrected chi connectivity index (χ3v) is 3.47. The van der Waals surface area contributed by atoms with Crippen LogP contribution in [0, 0.1) is 11.3 Å². The smallest absolute Gasteiger partial charge is 0.101 e. The first kappa shape index (κ1) is 12.9. The monoisotopic (exact) mass is 243 g/mol. The van der Waals surface area contributed by atoms with Gasteiger partial charge in [0.05, 0.1) is 11.3 Å². The first-order chi connectivity index (χ1) is 8.80. The molecular formula is C15H21N3. The van der Waals surface area contributed by atoms with Gasteiger partial charge in [-0.2, -0.15) is 5.26 Å². The molecule has 1 fully saturated rings. The number of nitrogens with zero attached hydrogens (tertiary/aromatic N) is 2. The fraction of sp³-hybridized carbons (Fsp3) is 0.533.